The van der Waals surface area contributed by atoms with Gasteiger partial charge in [-0.1, -0.05) is 30.3 Å². The lowest BCUT2D eigenvalue weighted by atomic mass is 9.94. The molecule has 4 heteroatoms. The minimum atomic E-state index is 0.150. The summed E-state index contributed by atoms with van der Waals surface area (Å²) in [5, 5.41) is 12.6. The van der Waals surface area contributed by atoms with E-state index in [-0.39, 0.29) is 5.92 Å². The highest BCUT2D eigenvalue weighted by Gasteiger charge is 2.27. The fourth-order valence-electron chi connectivity index (χ4n) is 3.85. The van der Waals surface area contributed by atoms with E-state index < -0.39 is 0 Å². The number of likely N-dealkylation sites (tertiary alicyclic amines) is 1. The highest BCUT2D eigenvalue weighted by Crippen LogP contribution is 2.30. The van der Waals surface area contributed by atoms with Gasteiger partial charge in [0.1, 0.15) is 5.75 Å². The van der Waals surface area contributed by atoms with Crippen LogP contribution in [0, 0.1) is 5.92 Å². The molecule has 0 aliphatic carbocycles. The molecule has 3 rings (SSSR count). The summed E-state index contributed by atoms with van der Waals surface area (Å²) in [6, 6.07) is 11.9. The van der Waals surface area contributed by atoms with Gasteiger partial charge >= 0.3 is 0 Å². The summed E-state index contributed by atoms with van der Waals surface area (Å²) in [6.45, 7) is 8.21. The van der Waals surface area contributed by atoms with Crippen LogP contribution < -0.4 is 0 Å². The largest absolute Gasteiger partial charge is 0.508 e. The zero-order valence-corrected chi connectivity index (χ0v) is 15.2. The van der Waals surface area contributed by atoms with Crippen LogP contribution in [0.2, 0.25) is 0 Å². The summed E-state index contributed by atoms with van der Waals surface area (Å²) in [4.78, 5) is 16.8. The molecule has 1 N–H and O–H groups in total. The summed E-state index contributed by atoms with van der Waals surface area (Å²) in [5.41, 5.74) is 0.992. The molecule has 1 amide bonds. The first-order chi connectivity index (χ1) is 12.1. The molecule has 1 heterocycles. The summed E-state index contributed by atoms with van der Waals surface area (Å²) in [5.74, 6) is 0.815. The van der Waals surface area contributed by atoms with Crippen molar-refractivity contribution in [2.75, 3.05) is 26.2 Å². The van der Waals surface area contributed by atoms with Crippen molar-refractivity contribution in [3.63, 3.8) is 0 Å². The third kappa shape index (κ3) is 3.79. The van der Waals surface area contributed by atoms with E-state index in [1.54, 1.807) is 6.07 Å². The number of benzene rings is 2. The van der Waals surface area contributed by atoms with E-state index >= 15 is 0 Å². The summed E-state index contributed by atoms with van der Waals surface area (Å²) in [6.07, 6.45) is 1.81. The van der Waals surface area contributed by atoms with Gasteiger partial charge in [-0.25, -0.2) is 0 Å². The lowest BCUT2D eigenvalue weighted by molar-refractivity contribution is -0.136. The molecule has 1 fully saturated rings. The minimum Gasteiger partial charge on any atom is -0.508 e. The van der Waals surface area contributed by atoms with Crippen molar-refractivity contribution in [1.29, 1.82) is 0 Å². The molecule has 0 unspecified atom stereocenters. The van der Waals surface area contributed by atoms with E-state index in [0.717, 1.165) is 61.9 Å². The Kier molecular flexibility index (Phi) is 5.59. The lowest BCUT2D eigenvalue weighted by Crippen LogP contribution is -2.42. The number of nitrogens with zero attached hydrogens (tertiary/aromatic N) is 2. The molecule has 1 saturated heterocycles. The first kappa shape index (κ1) is 17.7. The third-order valence-electron chi connectivity index (χ3n) is 5.41. The van der Waals surface area contributed by atoms with Crippen LogP contribution in [0.4, 0.5) is 0 Å². The Hall–Kier alpha value is -2.07. The summed E-state index contributed by atoms with van der Waals surface area (Å²) < 4.78 is 0. The number of phenols is 1. The number of fused-ring (bicyclic) bond motifs is 1. The second-order valence-corrected chi connectivity index (χ2v) is 6.85. The van der Waals surface area contributed by atoms with Crippen molar-refractivity contribution >= 4 is 16.7 Å². The van der Waals surface area contributed by atoms with Gasteiger partial charge in [0, 0.05) is 31.1 Å². The minimum absolute atomic E-state index is 0.150. The lowest BCUT2D eigenvalue weighted by Gasteiger charge is -2.34. The monoisotopic (exact) mass is 340 g/mol. The Morgan fingerprint density at radius 1 is 1.12 bits per heavy atom. The molecule has 0 saturated carbocycles. The summed E-state index contributed by atoms with van der Waals surface area (Å²) in [7, 11) is 0. The Labute approximate surface area is 150 Å². The Bertz CT molecular complexity index is 732. The maximum absolute atomic E-state index is 12.5. The Morgan fingerprint density at radius 3 is 2.48 bits per heavy atom. The second-order valence-electron chi connectivity index (χ2n) is 6.85. The predicted molar refractivity (Wildman–Crippen MR) is 102 cm³/mol. The van der Waals surface area contributed by atoms with Crippen LogP contribution in [-0.4, -0.2) is 47.0 Å². The molecule has 1 aliphatic rings. The number of hydrogen-bond donors (Lipinski definition) is 1. The van der Waals surface area contributed by atoms with Crippen molar-refractivity contribution in [3.8, 4) is 5.75 Å². The highest BCUT2D eigenvalue weighted by atomic mass is 16.3. The number of carbonyl (C=O) groups excluding carboxylic acids is 1. The number of aromatic hydroxyl groups is 1. The number of carbonyl (C=O) groups is 1. The third-order valence-corrected chi connectivity index (χ3v) is 5.41. The predicted octanol–water partition coefficient (Wildman–Crippen LogP) is 3.63. The number of piperidine rings is 1. The van der Waals surface area contributed by atoms with E-state index in [0.29, 0.717) is 11.7 Å². The average molecular weight is 340 g/mol. The maximum Gasteiger partial charge on any atom is 0.225 e. The van der Waals surface area contributed by atoms with E-state index in [9.17, 15) is 9.90 Å². The van der Waals surface area contributed by atoms with Crippen molar-refractivity contribution in [2.24, 2.45) is 5.92 Å². The molecule has 134 valence electrons. The van der Waals surface area contributed by atoms with Crippen LogP contribution >= 0.6 is 0 Å². The molecule has 2 aromatic rings. The van der Waals surface area contributed by atoms with E-state index in [4.69, 9.17) is 0 Å². The van der Waals surface area contributed by atoms with Crippen LogP contribution in [0.1, 0.15) is 32.3 Å². The maximum atomic E-state index is 12.5. The fourth-order valence-corrected chi connectivity index (χ4v) is 3.85. The molecular formula is C21H28N2O2. The first-order valence-electron chi connectivity index (χ1n) is 9.34. The molecule has 1 aliphatic heterocycles. The van der Waals surface area contributed by atoms with Crippen molar-refractivity contribution < 1.29 is 9.90 Å². The van der Waals surface area contributed by atoms with E-state index in [1.165, 1.54) is 0 Å². The molecule has 0 atom stereocenters. The highest BCUT2D eigenvalue weighted by molar-refractivity contribution is 5.87. The Balaban J connectivity index is 1.67. The van der Waals surface area contributed by atoms with Gasteiger partial charge < -0.3 is 10.0 Å². The van der Waals surface area contributed by atoms with E-state index in [2.05, 4.69) is 17.0 Å². The smallest absolute Gasteiger partial charge is 0.225 e. The van der Waals surface area contributed by atoms with Crippen LogP contribution in [0.15, 0.2) is 36.4 Å². The molecule has 0 radical (unpaired) electrons. The first-order valence-corrected chi connectivity index (χ1v) is 9.34. The van der Waals surface area contributed by atoms with Gasteiger partial charge in [-0.15, -0.1) is 0 Å². The number of phenolic OH excluding ortho intramolecular Hbond substituents is 1. The quantitative estimate of drug-likeness (QED) is 0.904. The van der Waals surface area contributed by atoms with Crippen molar-refractivity contribution in [3.05, 3.63) is 42.0 Å². The summed E-state index contributed by atoms with van der Waals surface area (Å²) >= 11 is 0. The molecule has 0 aromatic heterocycles. The number of hydrogen-bond acceptors (Lipinski definition) is 3. The average Bonchev–Trinajstić information content (AvgIpc) is 2.65. The molecule has 4 nitrogen and oxygen atoms in total. The van der Waals surface area contributed by atoms with Gasteiger partial charge in [0.2, 0.25) is 5.91 Å². The molecular weight excluding hydrogens is 312 g/mol. The van der Waals surface area contributed by atoms with Gasteiger partial charge in [-0.2, -0.15) is 0 Å². The fraction of sp³-hybridized carbons (Fsp3) is 0.476. The van der Waals surface area contributed by atoms with Crippen LogP contribution in [0.3, 0.4) is 0 Å². The number of rotatable bonds is 5. The molecule has 0 spiro atoms. The molecule has 25 heavy (non-hydrogen) atoms. The van der Waals surface area contributed by atoms with Gasteiger partial charge in [0.25, 0.3) is 0 Å². The van der Waals surface area contributed by atoms with Crippen LogP contribution in [0.25, 0.3) is 10.8 Å². The SMILES string of the molecule is CCN(CC)C(=O)C1CCN(Cc2c(O)ccc3ccccc23)CC1. The van der Waals surface area contributed by atoms with Gasteiger partial charge in [0.15, 0.2) is 0 Å². The van der Waals surface area contributed by atoms with Gasteiger partial charge in [-0.05, 0) is 56.6 Å². The van der Waals surface area contributed by atoms with Crippen molar-refractivity contribution in [2.45, 2.75) is 33.2 Å². The van der Waals surface area contributed by atoms with Gasteiger partial charge in [0.05, 0.1) is 0 Å². The van der Waals surface area contributed by atoms with Crippen molar-refractivity contribution in [1.82, 2.24) is 9.80 Å². The second kappa shape index (κ2) is 7.87. The number of amides is 1. The van der Waals surface area contributed by atoms with E-state index in [1.807, 2.05) is 36.9 Å². The zero-order chi connectivity index (χ0) is 17.8. The van der Waals surface area contributed by atoms with Crippen LogP contribution in [0.5, 0.6) is 5.75 Å². The molecule has 2 aromatic carbocycles. The normalized spacial score (nSPS) is 16.2. The zero-order valence-electron chi connectivity index (χ0n) is 15.2. The topological polar surface area (TPSA) is 43.8 Å². The van der Waals surface area contributed by atoms with Gasteiger partial charge in [-0.3, -0.25) is 9.69 Å². The Morgan fingerprint density at radius 2 is 1.80 bits per heavy atom. The van der Waals surface area contributed by atoms with Crippen LogP contribution in [-0.2, 0) is 11.3 Å². The molecule has 0 bridgehead atoms. The standard InChI is InChI=1S/C21H28N2O2/c1-3-23(4-2)21(25)17-11-13-22(14-12-17)15-19-18-8-6-5-7-16(18)9-10-20(19)24/h5-10,17,24H,3-4,11-15H2,1-2H3.